The SMILES string of the molecule is Cc1c(-c2ccccc2)nc2ccc(Br)cc2c1C(=O)Nc1ccc(C(=O)[O-])cc1F.[K+]. The van der Waals surface area contributed by atoms with Crippen molar-refractivity contribution in [2.75, 3.05) is 5.32 Å². The summed E-state index contributed by atoms with van der Waals surface area (Å²) in [5.41, 5.74) is 2.67. The molecule has 3 aromatic carbocycles. The Morgan fingerprint density at radius 1 is 1.03 bits per heavy atom. The van der Waals surface area contributed by atoms with Gasteiger partial charge in [-0.2, -0.15) is 0 Å². The number of benzene rings is 3. The number of carbonyl (C=O) groups excluding carboxylic acids is 2. The Morgan fingerprint density at radius 3 is 2.41 bits per heavy atom. The number of aromatic carboxylic acids is 1. The first kappa shape index (κ1) is 24.7. The van der Waals surface area contributed by atoms with Crippen molar-refractivity contribution < 1.29 is 70.5 Å². The van der Waals surface area contributed by atoms with Gasteiger partial charge in [-0.3, -0.25) is 4.79 Å². The van der Waals surface area contributed by atoms with E-state index in [9.17, 15) is 19.1 Å². The van der Waals surface area contributed by atoms with Gasteiger partial charge in [-0.05, 0) is 42.8 Å². The summed E-state index contributed by atoms with van der Waals surface area (Å²) < 4.78 is 15.2. The van der Waals surface area contributed by atoms with Crippen LogP contribution in [-0.4, -0.2) is 16.9 Å². The molecule has 1 N–H and O–H groups in total. The Kier molecular flexibility index (Phi) is 7.97. The second-order valence-electron chi connectivity index (χ2n) is 6.92. The van der Waals surface area contributed by atoms with Crippen LogP contribution in [0.4, 0.5) is 10.1 Å². The fourth-order valence-electron chi connectivity index (χ4n) is 3.43. The molecule has 0 radical (unpaired) electrons. The van der Waals surface area contributed by atoms with Gasteiger partial charge in [0, 0.05) is 21.0 Å². The molecule has 0 saturated carbocycles. The fourth-order valence-corrected chi connectivity index (χ4v) is 3.79. The summed E-state index contributed by atoms with van der Waals surface area (Å²) in [6, 6.07) is 18.1. The van der Waals surface area contributed by atoms with Gasteiger partial charge in [0.05, 0.1) is 28.4 Å². The summed E-state index contributed by atoms with van der Waals surface area (Å²) in [6.07, 6.45) is 0. The Morgan fingerprint density at radius 2 is 1.75 bits per heavy atom. The van der Waals surface area contributed by atoms with Gasteiger partial charge < -0.3 is 15.2 Å². The molecule has 0 aliphatic heterocycles. The molecule has 0 atom stereocenters. The van der Waals surface area contributed by atoms with Crippen molar-refractivity contribution in [2.24, 2.45) is 0 Å². The molecule has 32 heavy (non-hydrogen) atoms. The number of aromatic nitrogens is 1. The van der Waals surface area contributed by atoms with E-state index in [1.807, 2.05) is 36.4 Å². The van der Waals surface area contributed by atoms with Crippen LogP contribution >= 0.6 is 15.9 Å². The number of fused-ring (bicyclic) bond motifs is 1. The quantitative estimate of drug-likeness (QED) is 0.419. The van der Waals surface area contributed by atoms with Crippen LogP contribution in [0.3, 0.4) is 0 Å². The smallest absolute Gasteiger partial charge is 0.545 e. The van der Waals surface area contributed by atoms with Gasteiger partial charge in [-0.25, -0.2) is 9.37 Å². The van der Waals surface area contributed by atoms with Crippen molar-refractivity contribution >= 4 is 44.4 Å². The fraction of sp³-hybridized carbons (Fsp3) is 0.0417. The van der Waals surface area contributed by atoms with E-state index in [2.05, 4.69) is 21.2 Å². The average molecular weight is 517 g/mol. The summed E-state index contributed by atoms with van der Waals surface area (Å²) in [6.45, 7) is 1.79. The monoisotopic (exact) mass is 516 g/mol. The molecule has 5 nitrogen and oxygen atoms in total. The maximum Gasteiger partial charge on any atom is 1.00 e. The van der Waals surface area contributed by atoms with E-state index in [0.717, 1.165) is 16.1 Å². The van der Waals surface area contributed by atoms with Gasteiger partial charge in [0.25, 0.3) is 5.91 Å². The number of nitrogens with one attached hydrogen (secondary N) is 1. The zero-order chi connectivity index (χ0) is 22.1. The second kappa shape index (κ2) is 10.3. The van der Waals surface area contributed by atoms with E-state index < -0.39 is 17.7 Å². The number of rotatable bonds is 4. The summed E-state index contributed by atoms with van der Waals surface area (Å²) in [5.74, 6) is -2.89. The van der Waals surface area contributed by atoms with Crippen molar-refractivity contribution in [3.05, 3.63) is 93.7 Å². The average Bonchev–Trinajstić information content (AvgIpc) is 2.75. The maximum atomic E-state index is 14.4. The van der Waals surface area contributed by atoms with Crippen LogP contribution < -0.4 is 61.8 Å². The predicted molar refractivity (Wildman–Crippen MR) is 118 cm³/mol. The minimum Gasteiger partial charge on any atom is -0.545 e. The number of anilines is 1. The van der Waals surface area contributed by atoms with Crippen molar-refractivity contribution in [1.82, 2.24) is 4.98 Å². The second-order valence-corrected chi connectivity index (χ2v) is 7.84. The Balaban J connectivity index is 0.00000289. The number of pyridine rings is 1. The normalized spacial score (nSPS) is 10.5. The molecule has 8 heteroatoms. The van der Waals surface area contributed by atoms with E-state index in [1.165, 1.54) is 12.1 Å². The van der Waals surface area contributed by atoms with E-state index in [1.54, 1.807) is 19.1 Å². The summed E-state index contributed by atoms with van der Waals surface area (Å²) in [7, 11) is 0. The third-order valence-corrected chi connectivity index (χ3v) is 5.41. The molecule has 0 bridgehead atoms. The molecule has 4 rings (SSSR count). The number of hydrogen-bond donors (Lipinski definition) is 1. The third kappa shape index (κ3) is 5.01. The van der Waals surface area contributed by atoms with Gasteiger partial charge in [-0.15, -0.1) is 0 Å². The number of halogens is 2. The Labute approximate surface area is 234 Å². The molecule has 4 aromatic rings. The molecule has 0 unspecified atom stereocenters. The van der Waals surface area contributed by atoms with Crippen molar-refractivity contribution in [3.63, 3.8) is 0 Å². The van der Waals surface area contributed by atoms with Crippen LogP contribution in [0, 0.1) is 12.7 Å². The number of amides is 1. The number of nitrogens with zero attached hydrogens (tertiary/aromatic N) is 1. The molecular formula is C24H15BrFKN2O3. The maximum absolute atomic E-state index is 14.4. The minimum atomic E-state index is -1.50. The summed E-state index contributed by atoms with van der Waals surface area (Å²) in [4.78, 5) is 28.9. The summed E-state index contributed by atoms with van der Waals surface area (Å²) in [5, 5.41) is 14.1. The summed E-state index contributed by atoms with van der Waals surface area (Å²) >= 11 is 3.42. The van der Waals surface area contributed by atoms with E-state index in [0.29, 0.717) is 27.7 Å². The molecule has 0 fully saturated rings. The number of carboxylic acids is 1. The molecule has 1 amide bonds. The Bertz CT molecular complexity index is 1350. The predicted octanol–water partition coefficient (Wildman–Crippen LogP) is 1.73. The number of hydrogen-bond acceptors (Lipinski definition) is 4. The molecule has 154 valence electrons. The zero-order valence-electron chi connectivity index (χ0n) is 17.3. The van der Waals surface area contributed by atoms with Gasteiger partial charge in [0.2, 0.25) is 0 Å². The Hall–Kier alpha value is -1.94. The zero-order valence-corrected chi connectivity index (χ0v) is 22.0. The van der Waals surface area contributed by atoms with Crippen LogP contribution in [0.15, 0.2) is 71.2 Å². The molecular weight excluding hydrogens is 502 g/mol. The van der Waals surface area contributed by atoms with E-state index in [-0.39, 0.29) is 62.6 Å². The van der Waals surface area contributed by atoms with Crippen LogP contribution in [0.25, 0.3) is 22.2 Å². The molecule has 0 aliphatic rings. The minimum absolute atomic E-state index is 0. The molecule has 1 aromatic heterocycles. The van der Waals surface area contributed by atoms with Crippen LogP contribution in [0.2, 0.25) is 0 Å². The number of carboxylic acid groups (broad SMARTS) is 1. The molecule has 0 spiro atoms. The van der Waals surface area contributed by atoms with E-state index >= 15 is 0 Å². The van der Waals surface area contributed by atoms with Gasteiger partial charge >= 0.3 is 51.4 Å². The first-order valence-corrected chi connectivity index (χ1v) is 10.1. The molecule has 0 saturated heterocycles. The van der Waals surface area contributed by atoms with Crippen LogP contribution in [0.5, 0.6) is 0 Å². The first-order chi connectivity index (χ1) is 14.8. The largest absolute Gasteiger partial charge is 1.00 e. The molecule has 1 heterocycles. The van der Waals surface area contributed by atoms with Gasteiger partial charge in [0.1, 0.15) is 5.82 Å². The third-order valence-electron chi connectivity index (χ3n) is 4.92. The van der Waals surface area contributed by atoms with Gasteiger partial charge in [-0.1, -0.05) is 52.3 Å². The molecule has 0 aliphatic carbocycles. The van der Waals surface area contributed by atoms with Crippen LogP contribution in [-0.2, 0) is 0 Å². The van der Waals surface area contributed by atoms with Crippen molar-refractivity contribution in [2.45, 2.75) is 6.92 Å². The van der Waals surface area contributed by atoms with Gasteiger partial charge in [0.15, 0.2) is 0 Å². The van der Waals surface area contributed by atoms with Crippen molar-refractivity contribution in [1.29, 1.82) is 0 Å². The van der Waals surface area contributed by atoms with Crippen molar-refractivity contribution in [3.8, 4) is 11.3 Å². The number of carbonyl (C=O) groups is 2. The topological polar surface area (TPSA) is 82.1 Å². The standard InChI is InChI=1S/C24H16BrFN2O3.K/c1-13-21(23(29)28-20-9-7-15(24(30)31)11-18(20)26)17-12-16(25)8-10-19(17)27-22(13)14-5-3-2-4-6-14;/h2-12H,1H3,(H,28,29)(H,30,31);/q;+1/p-1. The van der Waals surface area contributed by atoms with Crippen LogP contribution in [0.1, 0.15) is 26.3 Å². The first-order valence-electron chi connectivity index (χ1n) is 9.32. The van der Waals surface area contributed by atoms with E-state index in [4.69, 9.17) is 4.98 Å².